The van der Waals surface area contributed by atoms with Crippen LogP contribution in [0.15, 0.2) is 17.0 Å². The van der Waals surface area contributed by atoms with E-state index >= 15 is 0 Å². The number of sulfonamides is 1. The van der Waals surface area contributed by atoms with E-state index in [9.17, 15) is 12.8 Å². The summed E-state index contributed by atoms with van der Waals surface area (Å²) in [5, 5.41) is 0. The second-order valence-corrected chi connectivity index (χ2v) is 4.70. The van der Waals surface area contributed by atoms with Crippen LogP contribution in [0.4, 0.5) is 10.1 Å². The van der Waals surface area contributed by atoms with Crippen molar-refractivity contribution in [3.63, 3.8) is 0 Å². The molecule has 0 spiro atoms. The molecule has 0 heterocycles. The minimum Gasteiger partial charge on any atom is -0.396 e. The quantitative estimate of drug-likeness (QED) is 0.715. The van der Waals surface area contributed by atoms with Crippen molar-refractivity contribution in [2.45, 2.75) is 11.8 Å². The molecule has 1 aromatic carbocycles. The summed E-state index contributed by atoms with van der Waals surface area (Å²) in [6, 6.07) is 2.20. The van der Waals surface area contributed by atoms with Crippen LogP contribution in [-0.2, 0) is 10.0 Å². The van der Waals surface area contributed by atoms with Gasteiger partial charge in [-0.05, 0) is 31.7 Å². The highest BCUT2D eigenvalue weighted by Crippen LogP contribution is 2.20. The number of rotatable bonds is 2. The normalized spacial score (nSPS) is 11.6. The number of nitrogen functional groups attached to an aromatic ring is 1. The molecule has 3 N–H and O–H groups in total. The van der Waals surface area contributed by atoms with Gasteiger partial charge in [-0.3, -0.25) is 0 Å². The van der Waals surface area contributed by atoms with E-state index in [1.165, 1.54) is 14.0 Å². The molecule has 0 saturated heterocycles. The molecule has 0 fully saturated rings. The van der Waals surface area contributed by atoms with Crippen molar-refractivity contribution in [1.82, 2.24) is 4.72 Å². The third-order valence-corrected chi connectivity index (χ3v) is 3.41. The van der Waals surface area contributed by atoms with E-state index in [-0.39, 0.29) is 10.6 Å². The van der Waals surface area contributed by atoms with Gasteiger partial charge in [0.1, 0.15) is 5.82 Å². The topological polar surface area (TPSA) is 72.2 Å². The molecule has 0 atom stereocenters. The van der Waals surface area contributed by atoms with Crippen molar-refractivity contribution in [3.8, 4) is 0 Å². The molecule has 1 rings (SSSR count). The fourth-order valence-electron chi connectivity index (χ4n) is 1.07. The zero-order valence-electron chi connectivity index (χ0n) is 7.83. The summed E-state index contributed by atoms with van der Waals surface area (Å²) < 4.78 is 37.8. The number of nitrogens with one attached hydrogen (secondary N) is 1. The molecule has 0 radical (unpaired) electrons. The summed E-state index contributed by atoms with van der Waals surface area (Å²) in [4.78, 5) is -0.00102. The van der Waals surface area contributed by atoms with Crippen molar-refractivity contribution in [3.05, 3.63) is 23.5 Å². The Labute approximate surface area is 82.0 Å². The number of benzene rings is 1. The van der Waals surface area contributed by atoms with Gasteiger partial charge in [-0.1, -0.05) is 0 Å². The fraction of sp³-hybridized carbons (Fsp3) is 0.250. The highest BCUT2D eigenvalue weighted by Gasteiger charge is 2.16. The molecule has 0 aromatic heterocycles. The highest BCUT2D eigenvalue weighted by molar-refractivity contribution is 7.89. The smallest absolute Gasteiger partial charge is 0.240 e. The summed E-state index contributed by atoms with van der Waals surface area (Å²) in [7, 11) is -2.28. The maximum atomic E-state index is 12.9. The number of halogens is 1. The molecule has 0 aliphatic rings. The maximum absolute atomic E-state index is 12.9. The Morgan fingerprint density at radius 1 is 1.43 bits per heavy atom. The van der Waals surface area contributed by atoms with E-state index in [4.69, 9.17) is 5.73 Å². The lowest BCUT2D eigenvalue weighted by Gasteiger charge is -2.07. The fourth-order valence-corrected chi connectivity index (χ4v) is 2.05. The third kappa shape index (κ3) is 1.85. The van der Waals surface area contributed by atoms with Gasteiger partial charge in [0.25, 0.3) is 0 Å². The minimum absolute atomic E-state index is 0.00102. The average molecular weight is 218 g/mol. The van der Waals surface area contributed by atoms with Crippen LogP contribution in [0.3, 0.4) is 0 Å². The highest BCUT2D eigenvalue weighted by atomic mass is 32.2. The lowest BCUT2D eigenvalue weighted by molar-refractivity contribution is 0.586. The van der Waals surface area contributed by atoms with Gasteiger partial charge in [0.05, 0.1) is 10.6 Å². The van der Waals surface area contributed by atoms with Crippen LogP contribution in [0.1, 0.15) is 5.56 Å². The van der Waals surface area contributed by atoms with Crippen LogP contribution in [0.2, 0.25) is 0 Å². The van der Waals surface area contributed by atoms with Crippen LogP contribution in [0, 0.1) is 12.7 Å². The molecule has 0 saturated carbocycles. The van der Waals surface area contributed by atoms with E-state index in [1.807, 2.05) is 0 Å². The van der Waals surface area contributed by atoms with Gasteiger partial charge >= 0.3 is 0 Å². The number of hydrogen-bond acceptors (Lipinski definition) is 3. The predicted octanol–water partition coefficient (Wildman–Crippen LogP) is 0.624. The lowest BCUT2D eigenvalue weighted by atomic mass is 10.2. The number of anilines is 1. The molecule has 14 heavy (non-hydrogen) atoms. The molecular formula is C8H11FN2O2S. The Bertz CT molecular complexity index is 457. The summed E-state index contributed by atoms with van der Waals surface area (Å²) in [6.07, 6.45) is 0. The van der Waals surface area contributed by atoms with E-state index in [0.717, 1.165) is 12.1 Å². The van der Waals surface area contributed by atoms with Gasteiger partial charge in [0.15, 0.2) is 0 Å². The van der Waals surface area contributed by atoms with Crippen molar-refractivity contribution < 1.29 is 12.8 Å². The average Bonchev–Trinajstić information content (AvgIpc) is 2.11. The Morgan fingerprint density at radius 2 is 2.00 bits per heavy atom. The number of aryl methyl sites for hydroxylation is 1. The Hall–Kier alpha value is -1.14. The van der Waals surface area contributed by atoms with Crippen LogP contribution >= 0.6 is 0 Å². The van der Waals surface area contributed by atoms with Gasteiger partial charge in [-0.2, -0.15) is 0 Å². The number of nitrogens with two attached hydrogens (primary N) is 1. The van der Waals surface area contributed by atoms with Gasteiger partial charge < -0.3 is 5.73 Å². The minimum atomic E-state index is -3.56. The predicted molar refractivity (Wildman–Crippen MR) is 51.8 cm³/mol. The summed E-state index contributed by atoms with van der Waals surface area (Å²) >= 11 is 0. The second-order valence-electron chi connectivity index (χ2n) is 2.85. The van der Waals surface area contributed by atoms with Gasteiger partial charge in [-0.25, -0.2) is 17.5 Å². The number of hydrogen-bond donors (Lipinski definition) is 2. The van der Waals surface area contributed by atoms with Crippen LogP contribution in [-0.4, -0.2) is 15.5 Å². The molecule has 0 unspecified atom stereocenters. The SMILES string of the molecule is CNS(=O)(=O)c1cc(N)c(F)cc1C. The van der Waals surface area contributed by atoms with Gasteiger partial charge in [0, 0.05) is 0 Å². The van der Waals surface area contributed by atoms with E-state index in [0.29, 0.717) is 5.56 Å². The van der Waals surface area contributed by atoms with Crippen molar-refractivity contribution >= 4 is 15.7 Å². The summed E-state index contributed by atoms with van der Waals surface area (Å²) in [5.41, 5.74) is 5.42. The first-order chi connectivity index (χ1) is 6.38. The first-order valence-corrected chi connectivity index (χ1v) is 5.36. The standard InChI is InChI=1S/C8H11FN2O2S/c1-5-3-6(9)7(10)4-8(5)14(12,13)11-2/h3-4,11H,10H2,1-2H3. The van der Waals surface area contributed by atoms with Crippen molar-refractivity contribution in [2.75, 3.05) is 12.8 Å². The first kappa shape index (κ1) is 10.9. The molecule has 1 aromatic rings. The molecule has 0 bridgehead atoms. The second kappa shape index (κ2) is 3.55. The zero-order chi connectivity index (χ0) is 10.9. The van der Waals surface area contributed by atoms with E-state index in [2.05, 4.69) is 4.72 Å². The maximum Gasteiger partial charge on any atom is 0.240 e. The molecular weight excluding hydrogens is 207 g/mol. The third-order valence-electron chi connectivity index (χ3n) is 1.85. The van der Waals surface area contributed by atoms with Crippen LogP contribution in [0.5, 0.6) is 0 Å². The van der Waals surface area contributed by atoms with Crippen molar-refractivity contribution in [2.24, 2.45) is 0 Å². The molecule has 78 valence electrons. The zero-order valence-corrected chi connectivity index (χ0v) is 8.65. The van der Waals surface area contributed by atoms with Crippen LogP contribution in [0.25, 0.3) is 0 Å². The molecule has 0 aliphatic carbocycles. The van der Waals surface area contributed by atoms with Gasteiger partial charge in [0.2, 0.25) is 10.0 Å². The van der Waals surface area contributed by atoms with E-state index < -0.39 is 15.8 Å². The molecule has 0 aliphatic heterocycles. The Kier molecular flexibility index (Phi) is 2.77. The summed E-state index contributed by atoms with van der Waals surface area (Å²) in [6.45, 7) is 1.51. The van der Waals surface area contributed by atoms with Crippen molar-refractivity contribution in [1.29, 1.82) is 0 Å². The monoisotopic (exact) mass is 218 g/mol. The molecule has 4 nitrogen and oxygen atoms in total. The summed E-state index contributed by atoms with van der Waals surface area (Å²) in [5.74, 6) is -0.613. The Morgan fingerprint density at radius 3 is 2.50 bits per heavy atom. The molecule has 0 amide bonds. The largest absolute Gasteiger partial charge is 0.396 e. The van der Waals surface area contributed by atoms with Crippen LogP contribution < -0.4 is 10.5 Å². The van der Waals surface area contributed by atoms with E-state index in [1.54, 1.807) is 0 Å². The lowest BCUT2D eigenvalue weighted by Crippen LogP contribution is -2.20. The Balaban J connectivity index is 3.45. The van der Waals surface area contributed by atoms with Gasteiger partial charge in [-0.15, -0.1) is 0 Å². The molecule has 6 heteroatoms. The first-order valence-electron chi connectivity index (χ1n) is 3.87.